The highest BCUT2D eigenvalue weighted by Crippen LogP contribution is 2.36. The van der Waals surface area contributed by atoms with Gasteiger partial charge in [0.1, 0.15) is 17.5 Å². The van der Waals surface area contributed by atoms with Gasteiger partial charge in [0.05, 0.1) is 5.92 Å². The Balaban J connectivity index is 3.31. The maximum Gasteiger partial charge on any atom is 0.397 e. The maximum atomic E-state index is 13.0. The largest absolute Gasteiger partial charge is 0.397 e. The summed E-state index contributed by atoms with van der Waals surface area (Å²) in [6, 6.07) is 0.375. The lowest BCUT2D eigenvalue weighted by Gasteiger charge is -2.19. The van der Waals surface area contributed by atoms with E-state index in [2.05, 4.69) is 0 Å². The molecule has 0 aliphatic heterocycles. The predicted molar refractivity (Wildman–Crippen MR) is 44.2 cm³/mol. The fourth-order valence-electron chi connectivity index (χ4n) is 1.30. The smallest absolute Gasteiger partial charge is 0.330 e. The number of alkyl halides is 3. The Hall–Kier alpha value is -1.24. The highest BCUT2D eigenvalue weighted by molar-refractivity contribution is 5.26. The lowest BCUT2D eigenvalue weighted by atomic mass is 9.97. The minimum absolute atomic E-state index is 0.187. The summed E-state index contributed by atoms with van der Waals surface area (Å²) in [5.41, 5.74) is 3.57. The van der Waals surface area contributed by atoms with E-state index in [1.807, 2.05) is 0 Å². The van der Waals surface area contributed by atoms with Crippen LogP contribution in [0.5, 0.6) is 0 Å². The maximum absolute atomic E-state index is 13.0. The average molecular weight is 243 g/mol. The lowest BCUT2D eigenvalue weighted by Crippen LogP contribution is -2.29. The van der Waals surface area contributed by atoms with E-state index in [1.54, 1.807) is 0 Å². The highest BCUT2D eigenvalue weighted by atomic mass is 19.4. The fourth-order valence-corrected chi connectivity index (χ4v) is 1.30. The van der Waals surface area contributed by atoms with E-state index in [1.165, 1.54) is 0 Å². The molecular weight excluding hydrogens is 236 g/mol. The molecule has 0 bridgehead atoms. The molecule has 90 valence electrons. The topological polar surface area (TPSA) is 26.0 Å². The molecule has 1 aromatic rings. The summed E-state index contributed by atoms with van der Waals surface area (Å²) in [5, 5.41) is 0. The first-order chi connectivity index (χ1) is 7.27. The molecule has 0 saturated heterocycles. The Bertz CT molecular complexity index is 363. The molecule has 0 fully saturated rings. The van der Waals surface area contributed by atoms with Crippen molar-refractivity contribution in [3.63, 3.8) is 0 Å². The zero-order chi connectivity index (χ0) is 12.5. The number of hydrogen-bond donors (Lipinski definition) is 1. The van der Waals surface area contributed by atoms with Crippen molar-refractivity contribution in [2.75, 3.05) is 6.54 Å². The van der Waals surface area contributed by atoms with Gasteiger partial charge in [0.2, 0.25) is 0 Å². The molecule has 16 heavy (non-hydrogen) atoms. The molecule has 0 spiro atoms. The second-order valence-corrected chi connectivity index (χ2v) is 3.11. The van der Waals surface area contributed by atoms with Crippen molar-refractivity contribution >= 4 is 0 Å². The van der Waals surface area contributed by atoms with Crippen LogP contribution in [0.2, 0.25) is 0 Å². The molecule has 1 unspecified atom stereocenters. The number of nitrogens with two attached hydrogens (primary N) is 1. The molecule has 1 aromatic carbocycles. The first-order valence-electron chi connectivity index (χ1n) is 4.18. The number of halogens is 6. The minimum Gasteiger partial charge on any atom is -0.330 e. The summed E-state index contributed by atoms with van der Waals surface area (Å²) in [7, 11) is 0. The van der Waals surface area contributed by atoms with Gasteiger partial charge in [0.25, 0.3) is 0 Å². The summed E-state index contributed by atoms with van der Waals surface area (Å²) in [4.78, 5) is 0. The Morgan fingerprint density at radius 1 is 1.06 bits per heavy atom. The van der Waals surface area contributed by atoms with Crippen molar-refractivity contribution in [1.29, 1.82) is 0 Å². The van der Waals surface area contributed by atoms with E-state index in [-0.39, 0.29) is 12.1 Å². The Kier molecular flexibility index (Phi) is 3.47. The van der Waals surface area contributed by atoms with Crippen molar-refractivity contribution in [1.82, 2.24) is 0 Å². The summed E-state index contributed by atoms with van der Waals surface area (Å²) in [6.45, 7) is -1.01. The predicted octanol–water partition coefficient (Wildman–Crippen LogP) is 2.71. The standard InChI is InChI=1S/C9H7F6N/c10-4-1-6(11)8(7(12)2-4)5(3-16)9(13,14)15/h1-2,5H,3,16H2. The summed E-state index contributed by atoms with van der Waals surface area (Å²) < 4.78 is 75.6. The van der Waals surface area contributed by atoms with E-state index in [0.29, 0.717) is 0 Å². The van der Waals surface area contributed by atoms with Gasteiger partial charge in [-0.2, -0.15) is 13.2 Å². The second-order valence-electron chi connectivity index (χ2n) is 3.11. The van der Waals surface area contributed by atoms with Gasteiger partial charge >= 0.3 is 6.18 Å². The zero-order valence-corrected chi connectivity index (χ0v) is 7.78. The van der Waals surface area contributed by atoms with Gasteiger partial charge in [-0.05, 0) is 0 Å². The minimum atomic E-state index is -4.88. The van der Waals surface area contributed by atoms with Crippen molar-refractivity contribution in [3.8, 4) is 0 Å². The summed E-state index contributed by atoms with van der Waals surface area (Å²) in [6.07, 6.45) is -4.88. The fraction of sp³-hybridized carbons (Fsp3) is 0.333. The normalized spacial score (nSPS) is 13.9. The number of hydrogen-bond acceptors (Lipinski definition) is 1. The summed E-state index contributed by atoms with van der Waals surface area (Å²) in [5.74, 6) is -6.94. The summed E-state index contributed by atoms with van der Waals surface area (Å²) >= 11 is 0. The van der Waals surface area contributed by atoms with E-state index in [0.717, 1.165) is 0 Å². The molecule has 0 saturated carbocycles. The van der Waals surface area contributed by atoms with Crippen LogP contribution >= 0.6 is 0 Å². The SMILES string of the molecule is NCC(c1c(F)cc(F)cc1F)C(F)(F)F. The van der Waals surface area contributed by atoms with Gasteiger partial charge < -0.3 is 5.73 Å². The third-order valence-corrected chi connectivity index (χ3v) is 2.02. The van der Waals surface area contributed by atoms with Crippen LogP contribution in [0.1, 0.15) is 11.5 Å². The lowest BCUT2D eigenvalue weighted by molar-refractivity contribution is -0.149. The van der Waals surface area contributed by atoms with Gasteiger partial charge in [-0.15, -0.1) is 0 Å². The molecular formula is C9H7F6N. The first kappa shape index (κ1) is 12.8. The molecule has 0 radical (unpaired) electrons. The van der Waals surface area contributed by atoms with Crippen LogP contribution in [0.4, 0.5) is 26.3 Å². The molecule has 2 N–H and O–H groups in total. The van der Waals surface area contributed by atoms with E-state index >= 15 is 0 Å². The van der Waals surface area contributed by atoms with E-state index in [4.69, 9.17) is 5.73 Å². The zero-order valence-electron chi connectivity index (χ0n) is 7.78. The second kappa shape index (κ2) is 4.32. The van der Waals surface area contributed by atoms with Gasteiger partial charge in [-0.3, -0.25) is 0 Å². The molecule has 0 aliphatic carbocycles. The van der Waals surface area contributed by atoms with Gasteiger partial charge in [0.15, 0.2) is 0 Å². The van der Waals surface area contributed by atoms with Gasteiger partial charge in [-0.25, -0.2) is 13.2 Å². The van der Waals surface area contributed by atoms with Crippen molar-refractivity contribution < 1.29 is 26.3 Å². The van der Waals surface area contributed by atoms with Crippen molar-refractivity contribution in [2.45, 2.75) is 12.1 Å². The highest BCUT2D eigenvalue weighted by Gasteiger charge is 2.42. The van der Waals surface area contributed by atoms with Crippen LogP contribution in [0, 0.1) is 17.5 Å². The molecule has 0 aliphatic rings. The van der Waals surface area contributed by atoms with Crippen LogP contribution in [-0.2, 0) is 0 Å². The average Bonchev–Trinajstić information content (AvgIpc) is 2.08. The van der Waals surface area contributed by atoms with E-state index < -0.39 is 41.7 Å². The first-order valence-corrected chi connectivity index (χ1v) is 4.18. The van der Waals surface area contributed by atoms with Crippen LogP contribution in [0.15, 0.2) is 12.1 Å². The Morgan fingerprint density at radius 3 is 1.81 bits per heavy atom. The number of benzene rings is 1. The monoisotopic (exact) mass is 243 g/mol. The van der Waals surface area contributed by atoms with E-state index in [9.17, 15) is 26.3 Å². The van der Waals surface area contributed by atoms with Gasteiger partial charge in [-0.1, -0.05) is 0 Å². The van der Waals surface area contributed by atoms with Gasteiger partial charge in [0, 0.05) is 24.2 Å². The molecule has 0 heterocycles. The van der Waals surface area contributed by atoms with Crippen molar-refractivity contribution in [3.05, 3.63) is 35.1 Å². The van der Waals surface area contributed by atoms with Crippen LogP contribution in [0.25, 0.3) is 0 Å². The van der Waals surface area contributed by atoms with Crippen LogP contribution in [-0.4, -0.2) is 12.7 Å². The molecule has 1 rings (SSSR count). The van der Waals surface area contributed by atoms with Crippen LogP contribution in [0.3, 0.4) is 0 Å². The molecule has 1 nitrogen and oxygen atoms in total. The molecule has 0 aromatic heterocycles. The third-order valence-electron chi connectivity index (χ3n) is 2.02. The third kappa shape index (κ3) is 2.46. The molecule has 7 heteroatoms. The van der Waals surface area contributed by atoms with Crippen molar-refractivity contribution in [2.24, 2.45) is 5.73 Å². The number of rotatable bonds is 2. The van der Waals surface area contributed by atoms with Crippen LogP contribution < -0.4 is 5.73 Å². The quantitative estimate of drug-likeness (QED) is 0.794. The molecule has 0 amide bonds. The Morgan fingerprint density at radius 2 is 1.50 bits per heavy atom. The Labute approximate surface area is 86.9 Å². The molecule has 1 atom stereocenters.